The predicted octanol–water partition coefficient (Wildman–Crippen LogP) is 2.41. The van der Waals surface area contributed by atoms with E-state index in [-0.39, 0.29) is 17.3 Å². The summed E-state index contributed by atoms with van der Waals surface area (Å²) in [6.45, 7) is 1.77. The first-order chi connectivity index (χ1) is 6.47. The van der Waals surface area contributed by atoms with Gasteiger partial charge in [-0.25, -0.2) is 0 Å². The third kappa shape index (κ3) is 2.31. The summed E-state index contributed by atoms with van der Waals surface area (Å²) < 4.78 is 35.7. The summed E-state index contributed by atoms with van der Waals surface area (Å²) in [5.41, 5.74) is 0.606. The largest absolute Gasteiger partial charge is 0.461 e. The molecule has 0 aliphatic carbocycles. The first-order valence-electron chi connectivity index (χ1n) is 3.94. The molecule has 0 bridgehead atoms. The molecule has 82 valence electrons. The van der Waals surface area contributed by atoms with Crippen LogP contribution < -0.4 is 0 Å². The highest BCUT2D eigenvalue weighted by atomic mass is 35.5. The van der Waals surface area contributed by atoms with Crippen LogP contribution in [0.3, 0.4) is 0 Å². The molecule has 0 aliphatic rings. The van der Waals surface area contributed by atoms with Gasteiger partial charge in [-0.15, -0.1) is 12.4 Å². The Labute approximate surface area is 93.1 Å². The minimum atomic E-state index is -4.13. The minimum Gasteiger partial charge on any atom is -0.461 e. The Bertz CT molecular complexity index is 585. The molecule has 15 heavy (non-hydrogen) atoms. The Kier molecular flexibility index (Phi) is 3.08. The zero-order valence-electron chi connectivity index (χ0n) is 7.80. The number of benzene rings is 1. The van der Waals surface area contributed by atoms with Crippen LogP contribution in [-0.2, 0) is 10.1 Å². The molecule has 6 heteroatoms. The molecule has 0 aliphatic heterocycles. The molecule has 0 fully saturated rings. The van der Waals surface area contributed by atoms with E-state index in [0.29, 0.717) is 16.7 Å². The fourth-order valence-corrected chi connectivity index (χ4v) is 1.83. The van der Waals surface area contributed by atoms with Crippen molar-refractivity contribution >= 4 is 33.5 Å². The van der Waals surface area contributed by atoms with Crippen LogP contribution in [0.5, 0.6) is 0 Å². The van der Waals surface area contributed by atoms with E-state index in [1.54, 1.807) is 13.0 Å². The van der Waals surface area contributed by atoms with Crippen molar-refractivity contribution in [1.29, 1.82) is 0 Å². The maximum absolute atomic E-state index is 10.8. The summed E-state index contributed by atoms with van der Waals surface area (Å²) in [4.78, 5) is -0.120. The Morgan fingerprint density at radius 2 is 1.93 bits per heavy atom. The zero-order valence-corrected chi connectivity index (χ0v) is 9.43. The lowest BCUT2D eigenvalue weighted by Gasteiger charge is -1.95. The highest BCUT2D eigenvalue weighted by molar-refractivity contribution is 7.85. The Morgan fingerprint density at radius 1 is 1.27 bits per heavy atom. The SMILES string of the molecule is Cc1cc2cc(S(=O)(=O)O)ccc2o1.Cl. The molecule has 2 aromatic rings. The number of hydrogen-bond acceptors (Lipinski definition) is 3. The van der Waals surface area contributed by atoms with Gasteiger partial charge in [-0.05, 0) is 31.2 Å². The van der Waals surface area contributed by atoms with E-state index in [0.717, 1.165) is 0 Å². The fraction of sp³-hybridized carbons (Fsp3) is 0.111. The number of rotatable bonds is 1. The van der Waals surface area contributed by atoms with E-state index < -0.39 is 10.1 Å². The van der Waals surface area contributed by atoms with Crippen molar-refractivity contribution in [3.8, 4) is 0 Å². The van der Waals surface area contributed by atoms with Crippen LogP contribution >= 0.6 is 12.4 Å². The molecule has 1 heterocycles. The lowest BCUT2D eigenvalue weighted by Crippen LogP contribution is -1.96. The van der Waals surface area contributed by atoms with Gasteiger partial charge in [0.15, 0.2) is 0 Å². The van der Waals surface area contributed by atoms with Gasteiger partial charge < -0.3 is 4.42 Å². The summed E-state index contributed by atoms with van der Waals surface area (Å²) >= 11 is 0. The summed E-state index contributed by atoms with van der Waals surface area (Å²) in [6.07, 6.45) is 0. The number of hydrogen-bond donors (Lipinski definition) is 1. The highest BCUT2D eigenvalue weighted by Crippen LogP contribution is 2.22. The molecule has 0 unspecified atom stereocenters. The quantitative estimate of drug-likeness (QED) is 0.787. The van der Waals surface area contributed by atoms with Crippen molar-refractivity contribution in [3.05, 3.63) is 30.0 Å². The van der Waals surface area contributed by atoms with E-state index in [2.05, 4.69) is 0 Å². The molecule has 0 amide bonds. The van der Waals surface area contributed by atoms with Crippen molar-refractivity contribution in [2.45, 2.75) is 11.8 Å². The van der Waals surface area contributed by atoms with E-state index in [1.165, 1.54) is 18.2 Å². The van der Waals surface area contributed by atoms with E-state index in [9.17, 15) is 8.42 Å². The molecule has 1 aromatic heterocycles. The average Bonchev–Trinajstić information content (AvgIpc) is 2.41. The van der Waals surface area contributed by atoms with Crippen molar-refractivity contribution < 1.29 is 17.4 Å². The molecular weight excluding hydrogens is 240 g/mol. The second-order valence-electron chi connectivity index (χ2n) is 3.03. The van der Waals surface area contributed by atoms with Crippen LogP contribution in [0.2, 0.25) is 0 Å². The van der Waals surface area contributed by atoms with Crippen LogP contribution in [0.25, 0.3) is 11.0 Å². The van der Waals surface area contributed by atoms with Gasteiger partial charge in [0.05, 0.1) is 4.90 Å². The second kappa shape index (κ2) is 3.84. The smallest absolute Gasteiger partial charge is 0.294 e. The first-order valence-corrected chi connectivity index (χ1v) is 5.38. The summed E-state index contributed by atoms with van der Waals surface area (Å²) in [5.74, 6) is 0.701. The van der Waals surface area contributed by atoms with Gasteiger partial charge in [0.2, 0.25) is 0 Å². The molecule has 4 nitrogen and oxygen atoms in total. The average molecular weight is 249 g/mol. The van der Waals surface area contributed by atoms with Crippen molar-refractivity contribution in [3.63, 3.8) is 0 Å². The van der Waals surface area contributed by atoms with Gasteiger partial charge in [0.25, 0.3) is 10.1 Å². The molecule has 0 atom stereocenters. The first kappa shape index (κ1) is 12.0. The molecular formula is C9H9ClO4S. The van der Waals surface area contributed by atoms with Crippen LogP contribution in [0.4, 0.5) is 0 Å². The van der Waals surface area contributed by atoms with Gasteiger partial charge >= 0.3 is 0 Å². The molecule has 0 radical (unpaired) electrons. The second-order valence-corrected chi connectivity index (χ2v) is 4.45. The number of fused-ring (bicyclic) bond motifs is 1. The summed E-state index contributed by atoms with van der Waals surface area (Å²) in [7, 11) is -4.13. The Hall–Kier alpha value is -1.04. The Balaban J connectivity index is 0.00000112. The lowest BCUT2D eigenvalue weighted by molar-refractivity contribution is 0.483. The fourth-order valence-electron chi connectivity index (χ4n) is 1.31. The zero-order chi connectivity index (χ0) is 10.3. The number of aryl methyl sites for hydroxylation is 1. The third-order valence-corrected chi connectivity index (χ3v) is 2.76. The van der Waals surface area contributed by atoms with Crippen LogP contribution in [-0.4, -0.2) is 13.0 Å². The normalized spacial score (nSPS) is 11.3. The van der Waals surface area contributed by atoms with E-state index in [1.807, 2.05) is 0 Å². The van der Waals surface area contributed by atoms with Gasteiger partial charge in [0, 0.05) is 5.39 Å². The van der Waals surface area contributed by atoms with Crippen LogP contribution in [0, 0.1) is 6.92 Å². The van der Waals surface area contributed by atoms with E-state index in [4.69, 9.17) is 8.97 Å². The Morgan fingerprint density at radius 3 is 2.53 bits per heavy atom. The number of furan rings is 1. The molecule has 0 saturated heterocycles. The van der Waals surface area contributed by atoms with E-state index >= 15 is 0 Å². The summed E-state index contributed by atoms with van der Waals surface area (Å²) in [5, 5.41) is 0.664. The van der Waals surface area contributed by atoms with Crippen molar-refractivity contribution in [2.24, 2.45) is 0 Å². The molecule has 1 aromatic carbocycles. The van der Waals surface area contributed by atoms with Gasteiger partial charge in [-0.3, -0.25) is 4.55 Å². The van der Waals surface area contributed by atoms with Crippen LogP contribution in [0.15, 0.2) is 33.6 Å². The summed E-state index contributed by atoms with van der Waals surface area (Å²) in [6, 6.07) is 5.91. The third-order valence-electron chi connectivity index (χ3n) is 1.91. The maximum atomic E-state index is 10.8. The minimum absolute atomic E-state index is 0. The standard InChI is InChI=1S/C9H8O4S.ClH/c1-6-4-7-5-8(14(10,11)12)2-3-9(7)13-6;/h2-5H,1H3,(H,10,11,12);1H. The van der Waals surface area contributed by atoms with Gasteiger partial charge in [-0.2, -0.15) is 8.42 Å². The molecule has 2 rings (SSSR count). The maximum Gasteiger partial charge on any atom is 0.294 e. The highest BCUT2D eigenvalue weighted by Gasteiger charge is 2.10. The predicted molar refractivity (Wildman–Crippen MR) is 58.0 cm³/mol. The molecule has 0 spiro atoms. The van der Waals surface area contributed by atoms with Crippen molar-refractivity contribution in [2.75, 3.05) is 0 Å². The van der Waals surface area contributed by atoms with Crippen molar-refractivity contribution in [1.82, 2.24) is 0 Å². The monoisotopic (exact) mass is 248 g/mol. The number of halogens is 1. The van der Waals surface area contributed by atoms with Gasteiger partial charge in [0.1, 0.15) is 11.3 Å². The topological polar surface area (TPSA) is 67.5 Å². The molecule has 1 N–H and O–H groups in total. The lowest BCUT2D eigenvalue weighted by atomic mass is 10.2. The molecule has 0 saturated carbocycles. The van der Waals surface area contributed by atoms with Gasteiger partial charge in [-0.1, -0.05) is 0 Å². The van der Waals surface area contributed by atoms with Crippen LogP contribution in [0.1, 0.15) is 5.76 Å².